The fraction of sp³-hybridized carbons (Fsp3) is 0.240. The first-order valence-electron chi connectivity index (χ1n) is 20.1. The highest BCUT2D eigenvalue weighted by molar-refractivity contribution is 7.32. The van der Waals surface area contributed by atoms with Crippen LogP contribution in [0.1, 0.15) is 71.4 Å². The van der Waals surface area contributed by atoms with Crippen LogP contribution in [0.15, 0.2) is 121 Å². The van der Waals surface area contributed by atoms with Crippen LogP contribution in [0, 0.1) is 0 Å². The highest BCUT2D eigenvalue weighted by Crippen LogP contribution is 2.64. The van der Waals surface area contributed by atoms with Crippen molar-refractivity contribution < 1.29 is 0 Å². The third-order valence-electron chi connectivity index (χ3n) is 14.2. The van der Waals surface area contributed by atoms with Crippen LogP contribution in [-0.2, 0) is 10.8 Å². The van der Waals surface area contributed by atoms with Gasteiger partial charge in [0.05, 0.1) is 11.4 Å². The zero-order valence-corrected chi connectivity index (χ0v) is 33.8. The Labute approximate surface area is 332 Å². The molecule has 6 aromatic carbocycles. The second kappa shape index (κ2) is 10.9. The number of nitrogens with zero attached hydrogens (tertiary/aromatic N) is 2. The van der Waals surface area contributed by atoms with Gasteiger partial charge in [0.2, 0.25) is 0 Å². The lowest BCUT2D eigenvalue weighted by Crippen LogP contribution is -2.70. The van der Waals surface area contributed by atoms with Crippen molar-refractivity contribution in [1.29, 1.82) is 0 Å². The Hall–Kier alpha value is -4.84. The van der Waals surface area contributed by atoms with Crippen molar-refractivity contribution in [3.05, 3.63) is 132 Å². The fourth-order valence-electron chi connectivity index (χ4n) is 11.3. The molecule has 5 heterocycles. The van der Waals surface area contributed by atoms with Crippen molar-refractivity contribution in [1.82, 2.24) is 0 Å². The van der Waals surface area contributed by atoms with Crippen molar-refractivity contribution >= 4 is 92.8 Å². The van der Waals surface area contributed by atoms with Gasteiger partial charge in [0.1, 0.15) is 0 Å². The van der Waals surface area contributed by atoms with Gasteiger partial charge in [0.15, 0.2) is 0 Å². The van der Waals surface area contributed by atoms with E-state index in [1.54, 1.807) is 5.56 Å². The third kappa shape index (κ3) is 4.06. The van der Waals surface area contributed by atoms with Crippen LogP contribution in [0.2, 0.25) is 0 Å². The van der Waals surface area contributed by atoms with E-state index in [4.69, 9.17) is 0 Å². The molecule has 1 aliphatic carbocycles. The normalized spacial score (nSPS) is 20.9. The molecule has 0 amide bonds. The Morgan fingerprint density at radius 2 is 1.36 bits per heavy atom. The summed E-state index contributed by atoms with van der Waals surface area (Å²) < 4.78 is 5.63. The van der Waals surface area contributed by atoms with Gasteiger partial charge in [-0.3, -0.25) is 0 Å². The van der Waals surface area contributed by atoms with E-state index in [0.29, 0.717) is 0 Å². The van der Waals surface area contributed by atoms with E-state index in [9.17, 15) is 0 Å². The average Bonchev–Trinajstić information content (AvgIpc) is 3.83. The summed E-state index contributed by atoms with van der Waals surface area (Å²) in [5.41, 5.74) is 15.3. The topological polar surface area (TPSA) is 6.48 Å². The van der Waals surface area contributed by atoms with Gasteiger partial charge < -0.3 is 9.71 Å². The fourth-order valence-corrected chi connectivity index (χ4v) is 13.8. The van der Waals surface area contributed by atoms with Gasteiger partial charge in [-0.2, -0.15) is 0 Å². The van der Waals surface area contributed by atoms with E-state index < -0.39 is 0 Å². The number of anilines is 4. The lowest BCUT2D eigenvalue weighted by atomic mass is 9.45. The summed E-state index contributed by atoms with van der Waals surface area (Å²) in [5, 5.41) is 4.07. The predicted octanol–water partition coefficient (Wildman–Crippen LogP) is 13.2. The summed E-state index contributed by atoms with van der Waals surface area (Å²) in [7, 11) is 0. The van der Waals surface area contributed by atoms with Crippen molar-refractivity contribution in [3.8, 4) is 22.3 Å². The van der Waals surface area contributed by atoms with Crippen molar-refractivity contribution in [2.45, 2.75) is 76.7 Å². The molecule has 2 nitrogen and oxygen atoms in total. The van der Waals surface area contributed by atoms with E-state index in [-0.39, 0.29) is 23.2 Å². The Balaban J connectivity index is 1.28. The average molecular weight is 747 g/mol. The van der Waals surface area contributed by atoms with Gasteiger partial charge in [-0.15, -0.1) is 22.7 Å². The molecule has 5 heteroatoms. The minimum atomic E-state index is -0.00238. The zero-order chi connectivity index (χ0) is 37.0. The molecule has 0 saturated heterocycles. The maximum Gasteiger partial charge on any atom is 0.339 e. The summed E-state index contributed by atoms with van der Waals surface area (Å²) in [6, 6.07) is 46.6. The minimum Gasteiger partial charge on any atom is -0.399 e. The Kier molecular flexibility index (Phi) is 6.44. The summed E-state index contributed by atoms with van der Waals surface area (Å²) >= 11 is 4.02. The van der Waals surface area contributed by atoms with Crippen molar-refractivity contribution in [2.24, 2.45) is 0 Å². The number of benzene rings is 6. The van der Waals surface area contributed by atoms with Gasteiger partial charge in [0, 0.05) is 74.1 Å². The maximum atomic E-state index is 2.98. The Morgan fingerprint density at radius 1 is 0.636 bits per heavy atom. The van der Waals surface area contributed by atoms with E-state index in [2.05, 4.69) is 166 Å². The largest absolute Gasteiger partial charge is 0.399 e. The lowest BCUT2D eigenvalue weighted by molar-refractivity contribution is 0.199. The molecule has 268 valence electrons. The molecular weight excluding hydrogens is 704 g/mol. The molecule has 8 aromatic rings. The van der Waals surface area contributed by atoms with E-state index >= 15 is 0 Å². The quantitative estimate of drug-likeness (QED) is 0.163. The summed E-state index contributed by atoms with van der Waals surface area (Å²) in [5.74, 6) is 0. The molecule has 0 N–H and O–H groups in total. The van der Waals surface area contributed by atoms with Crippen LogP contribution in [0.5, 0.6) is 0 Å². The zero-order valence-electron chi connectivity index (χ0n) is 32.2. The van der Waals surface area contributed by atoms with E-state index in [1.807, 2.05) is 22.7 Å². The smallest absolute Gasteiger partial charge is 0.339 e. The number of hydrogen-bond acceptors (Lipinski definition) is 4. The Bertz CT molecular complexity index is 2930. The van der Waals surface area contributed by atoms with Crippen LogP contribution in [0.4, 0.5) is 22.7 Å². The van der Waals surface area contributed by atoms with E-state index in [1.165, 1.54) is 117 Å². The molecule has 1 saturated carbocycles. The van der Waals surface area contributed by atoms with E-state index in [0.717, 1.165) is 0 Å². The molecule has 2 aromatic heterocycles. The standard InChI is InChI=1S/C50H43BN2S2/c1-48(2,3)31-24-25-38(35(28-31)30-16-7-6-8-17-30)52-39-29-36-32-18-9-11-22-40(32)54-46(36)42-34-20-15-21-37-44(34)53(50(5)27-14-13-26-49(37,50)4)51(43(39)42)47-45(52)33-19-10-12-23-41(33)55-47/h6-12,15-25,28-29H,13-14,26-27H2,1-5H3. The van der Waals surface area contributed by atoms with Crippen LogP contribution >= 0.6 is 22.7 Å². The molecule has 55 heavy (non-hydrogen) atoms. The van der Waals surface area contributed by atoms with Crippen LogP contribution < -0.4 is 20.0 Å². The van der Waals surface area contributed by atoms with Gasteiger partial charge >= 0.3 is 6.85 Å². The third-order valence-corrected chi connectivity index (χ3v) is 16.6. The molecular formula is C50H43BN2S2. The molecule has 0 spiro atoms. The van der Waals surface area contributed by atoms with Crippen LogP contribution in [-0.4, -0.2) is 12.4 Å². The first-order valence-corrected chi connectivity index (χ1v) is 21.7. The molecule has 0 bridgehead atoms. The molecule has 2 atom stereocenters. The van der Waals surface area contributed by atoms with Crippen LogP contribution in [0.3, 0.4) is 0 Å². The van der Waals surface area contributed by atoms with Gasteiger partial charge in [-0.05, 0) is 77.7 Å². The molecule has 3 aliphatic heterocycles. The monoisotopic (exact) mass is 746 g/mol. The maximum absolute atomic E-state index is 2.98. The molecule has 4 aliphatic rings. The minimum absolute atomic E-state index is 0.00238. The summed E-state index contributed by atoms with van der Waals surface area (Å²) in [6.07, 6.45) is 5.01. The predicted molar refractivity (Wildman–Crippen MR) is 241 cm³/mol. The molecule has 1 fully saturated rings. The van der Waals surface area contributed by atoms with Gasteiger partial charge in [-0.1, -0.05) is 132 Å². The molecule has 0 radical (unpaired) electrons. The second-order valence-corrected chi connectivity index (χ2v) is 20.1. The molecule has 2 unspecified atom stereocenters. The van der Waals surface area contributed by atoms with Crippen molar-refractivity contribution in [3.63, 3.8) is 0 Å². The molecule has 12 rings (SSSR count). The van der Waals surface area contributed by atoms with Gasteiger partial charge in [0.25, 0.3) is 0 Å². The van der Waals surface area contributed by atoms with Crippen LogP contribution in [0.25, 0.3) is 52.5 Å². The number of rotatable bonds is 2. The van der Waals surface area contributed by atoms with Gasteiger partial charge in [-0.25, -0.2) is 0 Å². The first kappa shape index (κ1) is 32.4. The second-order valence-electron chi connectivity index (χ2n) is 17.9. The number of para-hydroxylation sites is 1. The number of hydrogen-bond donors (Lipinski definition) is 0. The number of thiophene rings is 2. The highest BCUT2D eigenvalue weighted by Gasteiger charge is 2.63. The SMILES string of the molecule is CC(C)(C)c1ccc(N2c3cc4c(sc5ccccc54)c4c3B(c3sc5ccccc5c32)N2c3c-4cccc3C3(C)CCCCC23C)c(-c2ccccc2)c1. The Morgan fingerprint density at radius 3 is 2.16 bits per heavy atom. The highest BCUT2D eigenvalue weighted by atomic mass is 32.1. The summed E-state index contributed by atoms with van der Waals surface area (Å²) in [6.45, 7) is 12.3. The van der Waals surface area contributed by atoms with Crippen molar-refractivity contribution in [2.75, 3.05) is 9.71 Å². The summed E-state index contributed by atoms with van der Waals surface area (Å²) in [4.78, 5) is 5.69. The first-order chi connectivity index (χ1) is 26.7. The lowest BCUT2D eigenvalue weighted by Gasteiger charge is -2.54. The number of fused-ring (bicyclic) bond motifs is 13.